The van der Waals surface area contributed by atoms with Crippen molar-refractivity contribution in [2.24, 2.45) is 5.92 Å². The molecule has 0 saturated carbocycles. The summed E-state index contributed by atoms with van der Waals surface area (Å²) in [7, 11) is 0. The number of piperidine rings is 3. The van der Waals surface area contributed by atoms with E-state index < -0.39 is 0 Å². The molecule has 6 nitrogen and oxygen atoms in total. The molecule has 0 amide bonds. The zero-order chi connectivity index (χ0) is 18.0. The van der Waals surface area contributed by atoms with Crippen LogP contribution < -0.4 is 14.4 Å². The third-order valence-corrected chi connectivity index (χ3v) is 7.69. The maximum Gasteiger partial charge on any atom is 0.231 e. The van der Waals surface area contributed by atoms with Gasteiger partial charge >= 0.3 is 0 Å². The molecule has 2 bridgehead atoms. The molecule has 1 aromatic heterocycles. The van der Waals surface area contributed by atoms with Gasteiger partial charge in [-0.3, -0.25) is 4.90 Å². The van der Waals surface area contributed by atoms with Crippen molar-refractivity contribution in [1.82, 2.24) is 9.88 Å². The molecule has 4 saturated heterocycles. The number of aliphatic hydroxyl groups is 1. The summed E-state index contributed by atoms with van der Waals surface area (Å²) in [5.74, 6) is 2.90. The predicted octanol–water partition coefficient (Wildman–Crippen LogP) is 2.43. The van der Waals surface area contributed by atoms with Gasteiger partial charge in [0, 0.05) is 23.9 Å². The Labute approximate surface area is 162 Å². The molecule has 1 aromatic carbocycles. The zero-order valence-corrected chi connectivity index (χ0v) is 15.9. The standard InChI is InChI=1S/C20H23N3O3S/c24-9-14-10-27-20(21-14)23-8-15(13-1-2-16-17(7-13)26-11-25-16)19-18(23)12-3-5-22(19)6-4-12/h1-2,7,10,12,15,18-19,24H,3-6,8-9,11H2/t15-,18+,19+/m1/s1. The average molecular weight is 385 g/mol. The Hall–Kier alpha value is -1.83. The van der Waals surface area contributed by atoms with E-state index in [0.29, 0.717) is 24.8 Å². The van der Waals surface area contributed by atoms with Crippen LogP contribution in [0.1, 0.15) is 30.0 Å². The van der Waals surface area contributed by atoms with Gasteiger partial charge in [-0.2, -0.15) is 0 Å². The van der Waals surface area contributed by atoms with Crippen molar-refractivity contribution in [3.8, 4) is 11.5 Å². The number of benzene rings is 1. The lowest BCUT2D eigenvalue weighted by Gasteiger charge is -2.51. The molecule has 0 radical (unpaired) electrons. The summed E-state index contributed by atoms with van der Waals surface area (Å²) < 4.78 is 11.1. The minimum absolute atomic E-state index is 0.0135. The smallest absolute Gasteiger partial charge is 0.231 e. The van der Waals surface area contributed by atoms with Gasteiger partial charge in [0.1, 0.15) is 0 Å². The van der Waals surface area contributed by atoms with Crippen LogP contribution >= 0.6 is 11.3 Å². The number of rotatable bonds is 3. The Morgan fingerprint density at radius 2 is 2.00 bits per heavy atom. The summed E-state index contributed by atoms with van der Waals surface area (Å²) in [4.78, 5) is 9.92. The molecule has 2 aromatic rings. The SMILES string of the molecule is OCc1csc(N2C[C@H](c3ccc4c(c3)OCO4)[C@H]3[C@@H]2C2CCN3CC2)n1. The molecule has 0 spiro atoms. The van der Waals surface area contributed by atoms with Gasteiger partial charge in [-0.1, -0.05) is 6.07 Å². The Morgan fingerprint density at radius 1 is 1.15 bits per heavy atom. The Bertz CT molecular complexity index is 864. The second-order valence-corrected chi connectivity index (χ2v) is 8.84. The molecule has 4 fully saturated rings. The minimum atomic E-state index is 0.0135. The van der Waals surface area contributed by atoms with Crippen LogP contribution in [0.15, 0.2) is 23.6 Å². The Balaban J connectivity index is 1.40. The first-order valence-corrected chi connectivity index (χ1v) is 10.7. The maximum atomic E-state index is 9.44. The largest absolute Gasteiger partial charge is 0.454 e. The van der Waals surface area contributed by atoms with Gasteiger partial charge < -0.3 is 19.5 Å². The number of nitrogens with zero attached hydrogens (tertiary/aromatic N) is 3. The van der Waals surface area contributed by atoms with Crippen LogP contribution in [0.5, 0.6) is 11.5 Å². The van der Waals surface area contributed by atoms with Crippen LogP contribution in [0.2, 0.25) is 0 Å². The summed E-state index contributed by atoms with van der Waals surface area (Å²) >= 11 is 1.66. The highest BCUT2D eigenvalue weighted by molar-refractivity contribution is 7.13. The van der Waals surface area contributed by atoms with E-state index >= 15 is 0 Å². The van der Waals surface area contributed by atoms with Crippen molar-refractivity contribution in [2.45, 2.75) is 37.5 Å². The lowest BCUT2D eigenvalue weighted by molar-refractivity contribution is 0.0355. The first-order valence-electron chi connectivity index (χ1n) is 9.77. The highest BCUT2D eigenvalue weighted by atomic mass is 32.1. The fourth-order valence-corrected chi connectivity index (χ4v) is 6.45. The summed E-state index contributed by atoms with van der Waals surface area (Å²) in [5.41, 5.74) is 2.11. The quantitative estimate of drug-likeness (QED) is 0.876. The van der Waals surface area contributed by atoms with Crippen LogP contribution in [0, 0.1) is 5.92 Å². The van der Waals surface area contributed by atoms with Crippen molar-refractivity contribution < 1.29 is 14.6 Å². The lowest BCUT2D eigenvalue weighted by Crippen LogP contribution is -2.60. The van der Waals surface area contributed by atoms with Gasteiger partial charge in [0.15, 0.2) is 16.6 Å². The summed E-state index contributed by atoms with van der Waals surface area (Å²) in [5, 5.41) is 12.5. The third-order valence-electron chi connectivity index (χ3n) is 6.77. The molecule has 0 aliphatic carbocycles. The van der Waals surface area contributed by atoms with Gasteiger partial charge in [0.2, 0.25) is 6.79 Å². The number of thiazole rings is 1. The number of aromatic nitrogens is 1. The van der Waals surface area contributed by atoms with E-state index in [1.54, 1.807) is 11.3 Å². The topological polar surface area (TPSA) is 58.1 Å². The van der Waals surface area contributed by atoms with Crippen molar-refractivity contribution >= 4 is 16.5 Å². The van der Waals surface area contributed by atoms with Crippen molar-refractivity contribution in [3.05, 3.63) is 34.8 Å². The molecule has 7 heteroatoms. The van der Waals surface area contributed by atoms with E-state index in [0.717, 1.165) is 34.8 Å². The van der Waals surface area contributed by atoms with Gasteiger partial charge in [0.25, 0.3) is 0 Å². The van der Waals surface area contributed by atoms with Crippen LogP contribution in [-0.2, 0) is 6.61 Å². The molecule has 3 atom stereocenters. The van der Waals surface area contributed by atoms with E-state index in [9.17, 15) is 5.11 Å². The highest BCUT2D eigenvalue weighted by Gasteiger charge is 2.54. The number of ether oxygens (including phenoxy) is 2. The highest BCUT2D eigenvalue weighted by Crippen LogP contribution is 2.49. The first-order chi connectivity index (χ1) is 13.3. The van der Waals surface area contributed by atoms with Crippen LogP contribution in [-0.4, -0.2) is 53.5 Å². The van der Waals surface area contributed by atoms with E-state index in [-0.39, 0.29) is 6.61 Å². The van der Waals surface area contributed by atoms with E-state index in [1.165, 1.54) is 31.5 Å². The molecule has 5 aliphatic rings. The number of hydrogen-bond acceptors (Lipinski definition) is 7. The zero-order valence-electron chi connectivity index (χ0n) is 15.1. The normalized spacial score (nSPS) is 33.5. The van der Waals surface area contributed by atoms with Gasteiger partial charge in [0.05, 0.1) is 18.3 Å². The molecular formula is C20H23N3O3S. The summed E-state index contributed by atoms with van der Waals surface area (Å²) in [6.07, 6.45) is 2.56. The van der Waals surface area contributed by atoms with E-state index in [4.69, 9.17) is 14.5 Å². The number of aliphatic hydroxyl groups excluding tert-OH is 1. The maximum absolute atomic E-state index is 9.44. The lowest BCUT2D eigenvalue weighted by atomic mass is 9.75. The summed E-state index contributed by atoms with van der Waals surface area (Å²) in [6, 6.07) is 7.49. The van der Waals surface area contributed by atoms with Crippen LogP contribution in [0.25, 0.3) is 0 Å². The van der Waals surface area contributed by atoms with Crippen molar-refractivity contribution in [1.29, 1.82) is 0 Å². The first kappa shape index (κ1) is 16.2. The number of anilines is 1. The number of fused-ring (bicyclic) bond motifs is 3. The average Bonchev–Trinajstić information content (AvgIpc) is 3.45. The van der Waals surface area contributed by atoms with Crippen molar-refractivity contribution in [2.75, 3.05) is 31.3 Å². The molecule has 5 aliphatic heterocycles. The fourth-order valence-electron chi connectivity index (χ4n) is 5.58. The van der Waals surface area contributed by atoms with E-state index in [2.05, 4.69) is 28.0 Å². The molecule has 27 heavy (non-hydrogen) atoms. The summed E-state index contributed by atoms with van der Waals surface area (Å²) in [6.45, 7) is 3.72. The molecule has 6 heterocycles. The van der Waals surface area contributed by atoms with Gasteiger partial charge in [-0.15, -0.1) is 11.3 Å². The third kappa shape index (κ3) is 2.41. The minimum Gasteiger partial charge on any atom is -0.454 e. The Kier molecular flexibility index (Phi) is 3.64. The van der Waals surface area contributed by atoms with E-state index in [1.807, 2.05) is 5.38 Å². The molecule has 0 unspecified atom stereocenters. The number of hydrogen-bond donors (Lipinski definition) is 1. The molecule has 7 rings (SSSR count). The molecule has 1 N–H and O–H groups in total. The van der Waals surface area contributed by atoms with Crippen LogP contribution in [0.3, 0.4) is 0 Å². The van der Waals surface area contributed by atoms with Gasteiger partial charge in [-0.05, 0) is 49.5 Å². The molecular weight excluding hydrogens is 362 g/mol. The fraction of sp³-hybridized carbons (Fsp3) is 0.550. The monoisotopic (exact) mass is 385 g/mol. The second-order valence-electron chi connectivity index (χ2n) is 8.01. The predicted molar refractivity (Wildman–Crippen MR) is 103 cm³/mol. The van der Waals surface area contributed by atoms with Gasteiger partial charge in [-0.25, -0.2) is 4.98 Å². The Morgan fingerprint density at radius 3 is 2.81 bits per heavy atom. The molecule has 142 valence electrons. The van der Waals surface area contributed by atoms with Crippen molar-refractivity contribution in [3.63, 3.8) is 0 Å². The van der Waals surface area contributed by atoms with Crippen LogP contribution in [0.4, 0.5) is 5.13 Å². The second kappa shape index (κ2) is 6.09.